The number of non-ortho nitro benzene ring substituents is 1. The molecule has 2 rings (SSSR count). The maximum atomic E-state index is 11.0. The minimum atomic E-state index is -0.391. The van der Waals surface area contributed by atoms with E-state index in [-0.39, 0.29) is 17.5 Å². The first-order valence-corrected chi connectivity index (χ1v) is 7.54. The lowest BCUT2D eigenvalue weighted by molar-refractivity contribution is -0.384. The van der Waals surface area contributed by atoms with Crippen molar-refractivity contribution in [3.05, 3.63) is 39.8 Å². The van der Waals surface area contributed by atoms with Crippen molar-refractivity contribution >= 4 is 11.4 Å². The largest absolute Gasteiger partial charge is 0.457 e. The number of benzene rings is 1. The van der Waals surface area contributed by atoms with Crippen molar-refractivity contribution in [2.75, 3.05) is 18.0 Å². The number of nitro groups is 1. The van der Waals surface area contributed by atoms with Crippen LogP contribution in [-0.4, -0.2) is 18.0 Å². The van der Waals surface area contributed by atoms with Gasteiger partial charge in [0.2, 0.25) is 0 Å². The monoisotopic (exact) mass is 305 g/mol. The third kappa shape index (κ3) is 2.92. The molecule has 2 N–H and O–H groups in total. The third-order valence-corrected chi connectivity index (χ3v) is 3.63. The van der Waals surface area contributed by atoms with Crippen LogP contribution >= 0.6 is 0 Å². The Morgan fingerprint density at radius 3 is 2.45 bits per heavy atom. The Bertz CT molecular complexity index is 609. The second kappa shape index (κ2) is 6.36. The number of anilines is 1. The van der Waals surface area contributed by atoms with Gasteiger partial charge in [-0.15, -0.1) is 0 Å². The zero-order valence-electron chi connectivity index (χ0n) is 13.5. The van der Waals surface area contributed by atoms with Gasteiger partial charge in [-0.1, -0.05) is 27.7 Å². The molecule has 120 valence electrons. The van der Waals surface area contributed by atoms with E-state index in [1.807, 2.05) is 0 Å². The van der Waals surface area contributed by atoms with E-state index < -0.39 is 4.92 Å². The van der Waals surface area contributed by atoms with Gasteiger partial charge in [0.1, 0.15) is 5.76 Å². The molecule has 0 radical (unpaired) electrons. The summed E-state index contributed by atoms with van der Waals surface area (Å²) in [5, 5.41) is 11.0. The SMILES string of the molecule is CC(C)C1=C(C(C)C)N(CCN)c2cc([N+](=O)[O-])ccc2O1. The highest BCUT2D eigenvalue weighted by molar-refractivity contribution is 5.69. The summed E-state index contributed by atoms with van der Waals surface area (Å²) in [4.78, 5) is 12.7. The summed E-state index contributed by atoms with van der Waals surface area (Å²) in [5.41, 5.74) is 7.58. The molecule has 0 aliphatic carbocycles. The Morgan fingerprint density at radius 1 is 1.27 bits per heavy atom. The Kier molecular flexibility index (Phi) is 4.71. The quantitative estimate of drug-likeness (QED) is 0.667. The number of hydrogen-bond acceptors (Lipinski definition) is 5. The van der Waals surface area contributed by atoms with Gasteiger partial charge in [-0.2, -0.15) is 0 Å². The van der Waals surface area contributed by atoms with Crippen LogP contribution < -0.4 is 15.4 Å². The Hall–Kier alpha value is -2.08. The molecule has 0 fully saturated rings. The second-order valence-corrected chi connectivity index (χ2v) is 6.01. The molecular weight excluding hydrogens is 282 g/mol. The van der Waals surface area contributed by atoms with Crippen molar-refractivity contribution in [1.29, 1.82) is 0 Å². The predicted octanol–water partition coefficient (Wildman–Crippen LogP) is 3.28. The normalized spacial score (nSPS) is 14.4. The Balaban J connectivity index is 2.61. The summed E-state index contributed by atoms with van der Waals surface area (Å²) in [6.07, 6.45) is 0. The number of nitrogens with two attached hydrogens (primary N) is 1. The summed E-state index contributed by atoms with van der Waals surface area (Å²) < 4.78 is 6.05. The predicted molar refractivity (Wildman–Crippen MR) is 86.8 cm³/mol. The molecular formula is C16H23N3O3. The van der Waals surface area contributed by atoms with Crippen LogP contribution in [-0.2, 0) is 0 Å². The summed E-state index contributed by atoms with van der Waals surface area (Å²) >= 11 is 0. The van der Waals surface area contributed by atoms with Crippen molar-refractivity contribution in [1.82, 2.24) is 0 Å². The maximum Gasteiger partial charge on any atom is 0.271 e. The van der Waals surface area contributed by atoms with E-state index in [1.54, 1.807) is 12.1 Å². The first-order chi connectivity index (χ1) is 10.4. The van der Waals surface area contributed by atoms with Crippen molar-refractivity contribution in [3.8, 4) is 5.75 Å². The van der Waals surface area contributed by atoms with Crippen LogP contribution in [0.1, 0.15) is 27.7 Å². The lowest BCUT2D eigenvalue weighted by Gasteiger charge is -2.37. The van der Waals surface area contributed by atoms with Gasteiger partial charge in [0.25, 0.3) is 5.69 Å². The number of nitrogens with zero attached hydrogens (tertiary/aromatic N) is 2. The van der Waals surface area contributed by atoms with E-state index in [0.29, 0.717) is 24.5 Å². The van der Waals surface area contributed by atoms with E-state index in [9.17, 15) is 10.1 Å². The van der Waals surface area contributed by atoms with Gasteiger partial charge < -0.3 is 15.4 Å². The van der Waals surface area contributed by atoms with Crippen LogP contribution in [0.4, 0.5) is 11.4 Å². The van der Waals surface area contributed by atoms with E-state index >= 15 is 0 Å². The number of ether oxygens (including phenoxy) is 1. The zero-order chi connectivity index (χ0) is 16.4. The summed E-state index contributed by atoms with van der Waals surface area (Å²) in [6, 6.07) is 4.69. The lowest BCUT2D eigenvalue weighted by Crippen LogP contribution is -2.36. The number of allylic oxidation sites excluding steroid dienone is 2. The van der Waals surface area contributed by atoms with Gasteiger partial charge >= 0.3 is 0 Å². The Morgan fingerprint density at radius 2 is 1.95 bits per heavy atom. The number of nitro benzene ring substituents is 1. The molecule has 0 spiro atoms. The molecule has 1 heterocycles. The van der Waals surface area contributed by atoms with Crippen LogP contribution in [0.5, 0.6) is 5.75 Å². The molecule has 1 aromatic rings. The highest BCUT2D eigenvalue weighted by Crippen LogP contribution is 2.43. The van der Waals surface area contributed by atoms with Crippen LogP contribution in [0.25, 0.3) is 0 Å². The molecule has 0 saturated carbocycles. The van der Waals surface area contributed by atoms with Crippen LogP contribution in [0.2, 0.25) is 0 Å². The molecule has 0 aromatic heterocycles. The van der Waals surface area contributed by atoms with Gasteiger partial charge in [-0.25, -0.2) is 0 Å². The van der Waals surface area contributed by atoms with Gasteiger partial charge in [-0.3, -0.25) is 10.1 Å². The third-order valence-electron chi connectivity index (χ3n) is 3.63. The van der Waals surface area contributed by atoms with Crippen LogP contribution in [0.15, 0.2) is 29.7 Å². The Labute approximate surface area is 130 Å². The maximum absolute atomic E-state index is 11.0. The molecule has 0 atom stereocenters. The van der Waals surface area contributed by atoms with Gasteiger partial charge in [-0.05, 0) is 12.0 Å². The van der Waals surface area contributed by atoms with Crippen molar-refractivity contribution < 1.29 is 9.66 Å². The summed E-state index contributed by atoms with van der Waals surface area (Å²) in [6.45, 7) is 9.40. The van der Waals surface area contributed by atoms with E-state index in [2.05, 4.69) is 32.6 Å². The van der Waals surface area contributed by atoms with Crippen LogP contribution in [0.3, 0.4) is 0 Å². The molecule has 0 amide bonds. The number of fused-ring (bicyclic) bond motifs is 1. The first-order valence-electron chi connectivity index (χ1n) is 7.54. The fourth-order valence-corrected chi connectivity index (χ4v) is 2.73. The van der Waals surface area contributed by atoms with Crippen LogP contribution in [0, 0.1) is 22.0 Å². The molecule has 0 saturated heterocycles. The molecule has 0 bridgehead atoms. The molecule has 6 heteroatoms. The first kappa shape index (κ1) is 16.3. The molecule has 1 aliphatic heterocycles. The summed E-state index contributed by atoms with van der Waals surface area (Å²) in [7, 11) is 0. The van der Waals surface area contributed by atoms with Gasteiger partial charge in [0, 0.05) is 31.1 Å². The highest BCUT2D eigenvalue weighted by Gasteiger charge is 2.31. The van der Waals surface area contributed by atoms with E-state index in [4.69, 9.17) is 10.5 Å². The van der Waals surface area contributed by atoms with Crippen molar-refractivity contribution in [3.63, 3.8) is 0 Å². The van der Waals surface area contributed by atoms with Crippen molar-refractivity contribution in [2.24, 2.45) is 17.6 Å². The van der Waals surface area contributed by atoms with Gasteiger partial charge in [0.15, 0.2) is 5.75 Å². The molecule has 22 heavy (non-hydrogen) atoms. The fourth-order valence-electron chi connectivity index (χ4n) is 2.73. The summed E-state index contributed by atoms with van der Waals surface area (Å²) in [5.74, 6) is 2.01. The zero-order valence-corrected chi connectivity index (χ0v) is 13.5. The average molecular weight is 305 g/mol. The average Bonchev–Trinajstić information content (AvgIpc) is 2.45. The molecule has 1 aliphatic rings. The highest BCUT2D eigenvalue weighted by atomic mass is 16.6. The molecule has 6 nitrogen and oxygen atoms in total. The lowest BCUT2D eigenvalue weighted by atomic mass is 9.99. The van der Waals surface area contributed by atoms with E-state index in [0.717, 1.165) is 11.5 Å². The molecule has 1 aromatic carbocycles. The van der Waals surface area contributed by atoms with Gasteiger partial charge in [0.05, 0.1) is 16.3 Å². The minimum Gasteiger partial charge on any atom is -0.457 e. The second-order valence-electron chi connectivity index (χ2n) is 6.01. The van der Waals surface area contributed by atoms with Crippen molar-refractivity contribution in [2.45, 2.75) is 27.7 Å². The topological polar surface area (TPSA) is 81.6 Å². The number of rotatable bonds is 5. The fraction of sp³-hybridized carbons (Fsp3) is 0.500. The smallest absolute Gasteiger partial charge is 0.271 e. The molecule has 0 unspecified atom stereocenters. The van der Waals surface area contributed by atoms with E-state index in [1.165, 1.54) is 6.07 Å². The number of hydrogen-bond donors (Lipinski definition) is 1. The minimum absolute atomic E-state index is 0.0560. The standard InChI is InChI=1S/C16H23N3O3/c1-10(2)15-16(11(3)4)22-14-6-5-12(19(20)21)9-13(14)18(15)8-7-17/h5-6,9-11H,7-8,17H2,1-4H3.